The molecular formula is C14H21BrN2O3. The molecule has 0 unspecified atom stereocenters. The highest BCUT2D eigenvalue weighted by molar-refractivity contribution is 9.10. The van der Waals surface area contributed by atoms with Crippen molar-refractivity contribution in [3.8, 4) is 0 Å². The molecule has 0 saturated carbocycles. The van der Waals surface area contributed by atoms with E-state index in [1.807, 2.05) is 17.7 Å². The van der Waals surface area contributed by atoms with E-state index in [1.54, 1.807) is 26.8 Å². The van der Waals surface area contributed by atoms with Crippen LogP contribution in [0.15, 0.2) is 16.7 Å². The van der Waals surface area contributed by atoms with Crippen molar-refractivity contribution in [3.05, 3.63) is 22.4 Å². The van der Waals surface area contributed by atoms with E-state index in [9.17, 15) is 14.7 Å². The molecule has 1 atom stereocenters. The van der Waals surface area contributed by atoms with Crippen LogP contribution in [0, 0.1) is 5.41 Å². The number of aromatic nitrogens is 1. The number of carboxylic acid groups (broad SMARTS) is 1. The Morgan fingerprint density at radius 1 is 1.45 bits per heavy atom. The summed E-state index contributed by atoms with van der Waals surface area (Å²) >= 11 is 3.34. The average molecular weight is 345 g/mol. The lowest BCUT2D eigenvalue weighted by atomic mass is 9.86. The number of aliphatic carboxylic acids is 1. The van der Waals surface area contributed by atoms with E-state index < -0.39 is 17.4 Å². The number of nitrogens with one attached hydrogen (secondary N) is 1. The second-order valence-corrected chi connectivity index (χ2v) is 6.76. The molecule has 0 aliphatic heterocycles. The average Bonchev–Trinajstić information content (AvgIpc) is 2.65. The van der Waals surface area contributed by atoms with E-state index in [0.717, 1.165) is 10.9 Å². The maximum atomic E-state index is 12.3. The molecule has 0 spiro atoms. The first-order chi connectivity index (χ1) is 9.16. The Bertz CT molecular complexity index is 503. The molecule has 6 heteroatoms. The summed E-state index contributed by atoms with van der Waals surface area (Å²) < 4.78 is 2.62. The number of halogens is 1. The first-order valence-electron chi connectivity index (χ1n) is 6.56. The third kappa shape index (κ3) is 4.10. The van der Waals surface area contributed by atoms with Crippen LogP contribution in [-0.2, 0) is 11.3 Å². The Hall–Kier alpha value is -1.30. The molecule has 0 saturated heterocycles. The molecule has 0 bridgehead atoms. The third-order valence-corrected chi connectivity index (χ3v) is 3.38. The first kappa shape index (κ1) is 16.8. The zero-order valence-electron chi connectivity index (χ0n) is 12.2. The fraction of sp³-hybridized carbons (Fsp3) is 0.571. The van der Waals surface area contributed by atoms with Crippen LogP contribution in [0.1, 0.15) is 44.6 Å². The van der Waals surface area contributed by atoms with E-state index in [2.05, 4.69) is 21.2 Å². The second kappa shape index (κ2) is 6.43. The molecule has 20 heavy (non-hydrogen) atoms. The molecule has 1 rings (SSSR count). The van der Waals surface area contributed by atoms with E-state index in [0.29, 0.717) is 12.2 Å². The van der Waals surface area contributed by atoms with Crippen LogP contribution >= 0.6 is 15.9 Å². The molecule has 0 aliphatic rings. The molecule has 1 aromatic rings. The van der Waals surface area contributed by atoms with Crippen molar-refractivity contribution in [2.75, 3.05) is 0 Å². The Morgan fingerprint density at radius 2 is 2.05 bits per heavy atom. The monoisotopic (exact) mass is 344 g/mol. The molecule has 0 fully saturated rings. The zero-order valence-corrected chi connectivity index (χ0v) is 13.8. The van der Waals surface area contributed by atoms with Crippen molar-refractivity contribution in [3.63, 3.8) is 0 Å². The molecule has 0 aliphatic carbocycles. The number of nitrogens with zero attached hydrogens (tertiary/aromatic N) is 1. The van der Waals surface area contributed by atoms with Crippen molar-refractivity contribution in [2.45, 2.75) is 46.7 Å². The maximum absolute atomic E-state index is 12.3. The van der Waals surface area contributed by atoms with Gasteiger partial charge in [0.05, 0.1) is 0 Å². The molecule has 0 radical (unpaired) electrons. The van der Waals surface area contributed by atoms with E-state index in [4.69, 9.17) is 0 Å². The minimum Gasteiger partial charge on any atom is -0.480 e. The summed E-state index contributed by atoms with van der Waals surface area (Å²) in [5, 5.41) is 11.9. The van der Waals surface area contributed by atoms with Gasteiger partial charge in [-0.05, 0) is 33.8 Å². The lowest BCUT2D eigenvalue weighted by molar-refractivity contribution is -0.142. The van der Waals surface area contributed by atoms with E-state index in [1.165, 1.54) is 0 Å². The predicted molar refractivity (Wildman–Crippen MR) is 80.8 cm³/mol. The number of amides is 1. The van der Waals surface area contributed by atoms with Gasteiger partial charge in [-0.25, -0.2) is 4.79 Å². The number of carbonyl (C=O) groups is 2. The topological polar surface area (TPSA) is 71.3 Å². The third-order valence-electron chi connectivity index (χ3n) is 2.95. The Balaban J connectivity index is 2.98. The lowest BCUT2D eigenvalue weighted by Crippen LogP contribution is -2.49. The van der Waals surface area contributed by atoms with Crippen LogP contribution in [-0.4, -0.2) is 27.6 Å². The quantitative estimate of drug-likeness (QED) is 0.862. The van der Waals surface area contributed by atoms with Gasteiger partial charge in [0.25, 0.3) is 5.91 Å². The number of rotatable bonds is 5. The number of hydrogen-bond donors (Lipinski definition) is 2. The van der Waals surface area contributed by atoms with Crippen molar-refractivity contribution in [2.24, 2.45) is 5.41 Å². The van der Waals surface area contributed by atoms with Crippen molar-refractivity contribution in [1.29, 1.82) is 0 Å². The summed E-state index contributed by atoms with van der Waals surface area (Å²) in [6.07, 6.45) is 2.72. The predicted octanol–water partition coefficient (Wildman–Crippen LogP) is 2.89. The Labute approximate surface area is 127 Å². The molecular weight excluding hydrogens is 324 g/mol. The SMILES string of the molecule is CCCn1cc(Br)cc1C(=O)N[C@H](C(=O)O)C(C)(C)C. The van der Waals surface area contributed by atoms with E-state index in [-0.39, 0.29) is 5.91 Å². The van der Waals surface area contributed by atoms with Crippen LogP contribution in [0.5, 0.6) is 0 Å². The van der Waals surface area contributed by atoms with Gasteiger partial charge in [0.2, 0.25) is 0 Å². The van der Waals surface area contributed by atoms with Crippen LogP contribution in [0.4, 0.5) is 0 Å². The first-order valence-corrected chi connectivity index (χ1v) is 7.35. The van der Waals surface area contributed by atoms with Gasteiger partial charge in [0.15, 0.2) is 0 Å². The van der Waals surface area contributed by atoms with Gasteiger partial charge in [-0.2, -0.15) is 0 Å². The minimum absolute atomic E-state index is 0.369. The van der Waals surface area contributed by atoms with Gasteiger partial charge in [0.1, 0.15) is 11.7 Å². The molecule has 112 valence electrons. The standard InChI is InChI=1S/C14H21BrN2O3/c1-5-6-17-8-9(15)7-10(17)12(18)16-11(13(19)20)14(2,3)4/h7-8,11H,5-6H2,1-4H3,(H,16,18)(H,19,20)/t11-/m1/s1. The van der Waals surface area contributed by atoms with Gasteiger partial charge in [-0.3, -0.25) is 4.79 Å². The smallest absolute Gasteiger partial charge is 0.326 e. The molecule has 1 amide bonds. The minimum atomic E-state index is -1.03. The highest BCUT2D eigenvalue weighted by atomic mass is 79.9. The van der Waals surface area contributed by atoms with Crippen molar-refractivity contribution in [1.82, 2.24) is 9.88 Å². The summed E-state index contributed by atoms with van der Waals surface area (Å²) in [5.41, 5.74) is -0.0878. The summed E-state index contributed by atoms with van der Waals surface area (Å²) in [7, 11) is 0. The molecule has 1 aromatic heterocycles. The fourth-order valence-corrected chi connectivity index (χ4v) is 2.41. The van der Waals surface area contributed by atoms with Crippen LogP contribution in [0.2, 0.25) is 0 Å². The van der Waals surface area contributed by atoms with Crippen LogP contribution < -0.4 is 5.32 Å². The summed E-state index contributed by atoms with van der Waals surface area (Å²) in [6.45, 7) is 8.08. The second-order valence-electron chi connectivity index (χ2n) is 5.85. The highest BCUT2D eigenvalue weighted by Gasteiger charge is 2.33. The summed E-state index contributed by atoms with van der Waals surface area (Å²) in [5.74, 6) is -1.40. The van der Waals surface area contributed by atoms with Crippen LogP contribution in [0.25, 0.3) is 0 Å². The lowest BCUT2D eigenvalue weighted by Gasteiger charge is -2.27. The van der Waals surface area contributed by atoms with Gasteiger partial charge < -0.3 is 15.0 Å². The molecule has 5 nitrogen and oxygen atoms in total. The molecule has 2 N–H and O–H groups in total. The van der Waals surface area contributed by atoms with Crippen molar-refractivity contribution < 1.29 is 14.7 Å². The van der Waals surface area contributed by atoms with Gasteiger partial charge in [-0.1, -0.05) is 27.7 Å². The van der Waals surface area contributed by atoms with Gasteiger partial charge in [-0.15, -0.1) is 0 Å². The summed E-state index contributed by atoms with van der Waals surface area (Å²) in [4.78, 5) is 23.6. The van der Waals surface area contributed by atoms with Gasteiger partial charge >= 0.3 is 5.97 Å². The summed E-state index contributed by atoms with van der Waals surface area (Å²) in [6, 6.07) is 0.769. The van der Waals surface area contributed by atoms with Crippen molar-refractivity contribution >= 4 is 27.8 Å². The highest BCUT2D eigenvalue weighted by Crippen LogP contribution is 2.21. The molecule has 1 heterocycles. The maximum Gasteiger partial charge on any atom is 0.326 e. The zero-order chi connectivity index (χ0) is 15.5. The number of carboxylic acids is 1. The Kier molecular flexibility index (Phi) is 5.39. The molecule has 0 aromatic carbocycles. The number of carbonyl (C=O) groups excluding carboxylic acids is 1. The van der Waals surface area contributed by atoms with Gasteiger partial charge in [0, 0.05) is 17.2 Å². The largest absolute Gasteiger partial charge is 0.480 e. The normalized spacial score (nSPS) is 13.1. The van der Waals surface area contributed by atoms with Crippen LogP contribution in [0.3, 0.4) is 0 Å². The Morgan fingerprint density at radius 3 is 2.50 bits per heavy atom. The number of hydrogen-bond acceptors (Lipinski definition) is 2. The fourth-order valence-electron chi connectivity index (χ4n) is 1.94. The number of aryl methyl sites for hydroxylation is 1. The van der Waals surface area contributed by atoms with E-state index >= 15 is 0 Å².